The second-order valence-electron chi connectivity index (χ2n) is 7.20. The molecule has 0 fully saturated rings. The molecular weight excluding hydrogens is 454 g/mol. The molecule has 1 amide bonds. The molecule has 0 aliphatic rings. The summed E-state index contributed by atoms with van der Waals surface area (Å²) in [5, 5.41) is 14.9. The Morgan fingerprint density at radius 3 is 2.46 bits per heavy atom. The van der Waals surface area contributed by atoms with Crippen molar-refractivity contribution < 1.29 is 28.7 Å². The fraction of sp³-hybridized carbons (Fsp3) is 0.160. The topological polar surface area (TPSA) is 129 Å². The lowest BCUT2D eigenvalue weighted by atomic mass is 10.1. The molecule has 0 bridgehead atoms. The smallest absolute Gasteiger partial charge is 0.343 e. The molecule has 0 spiro atoms. The van der Waals surface area contributed by atoms with Crippen molar-refractivity contribution in [2.24, 2.45) is 5.10 Å². The third kappa shape index (κ3) is 7.13. The summed E-state index contributed by atoms with van der Waals surface area (Å²) in [6.07, 6.45) is 1.37. The molecular formula is C25H23N3O7. The van der Waals surface area contributed by atoms with Crippen LogP contribution in [-0.4, -0.2) is 36.2 Å². The van der Waals surface area contributed by atoms with Crippen LogP contribution in [0.3, 0.4) is 0 Å². The molecule has 10 heteroatoms. The Kier molecular flexibility index (Phi) is 8.49. The maximum absolute atomic E-state index is 12.4. The fourth-order valence-corrected chi connectivity index (χ4v) is 2.89. The van der Waals surface area contributed by atoms with Crippen LogP contribution in [-0.2, 0) is 4.79 Å². The molecule has 0 aliphatic carbocycles. The number of aryl methyl sites for hydroxylation is 1. The van der Waals surface area contributed by atoms with Crippen LogP contribution in [0.15, 0.2) is 71.8 Å². The van der Waals surface area contributed by atoms with Crippen molar-refractivity contribution in [1.82, 2.24) is 5.43 Å². The number of carbonyl (C=O) groups excluding carboxylic acids is 2. The van der Waals surface area contributed by atoms with Gasteiger partial charge in [0.2, 0.25) is 0 Å². The maximum atomic E-state index is 12.4. The van der Waals surface area contributed by atoms with Crippen LogP contribution in [0.1, 0.15) is 28.4 Å². The first-order chi connectivity index (χ1) is 16.9. The van der Waals surface area contributed by atoms with Crippen molar-refractivity contribution in [3.8, 4) is 17.2 Å². The monoisotopic (exact) mass is 477 g/mol. The lowest BCUT2D eigenvalue weighted by Crippen LogP contribution is -2.24. The van der Waals surface area contributed by atoms with E-state index in [1.807, 2.05) is 19.1 Å². The predicted octanol–water partition coefficient (Wildman–Crippen LogP) is 4.05. The zero-order chi connectivity index (χ0) is 25.2. The Balaban J connectivity index is 1.60. The van der Waals surface area contributed by atoms with Crippen molar-refractivity contribution in [3.05, 3.63) is 93.5 Å². The zero-order valence-corrected chi connectivity index (χ0v) is 19.1. The molecule has 0 atom stereocenters. The van der Waals surface area contributed by atoms with Crippen molar-refractivity contribution in [1.29, 1.82) is 0 Å². The zero-order valence-electron chi connectivity index (χ0n) is 19.1. The van der Waals surface area contributed by atoms with Gasteiger partial charge in [0, 0.05) is 6.07 Å². The van der Waals surface area contributed by atoms with Crippen molar-refractivity contribution in [2.75, 3.05) is 13.2 Å². The van der Waals surface area contributed by atoms with E-state index in [9.17, 15) is 19.7 Å². The number of nitro benzene ring substituents is 1. The minimum absolute atomic E-state index is 0.0197. The van der Waals surface area contributed by atoms with E-state index in [1.54, 1.807) is 43.3 Å². The van der Waals surface area contributed by atoms with Crippen LogP contribution in [0, 0.1) is 17.0 Å². The number of hydrogen-bond donors (Lipinski definition) is 1. The van der Waals surface area contributed by atoms with Gasteiger partial charge in [0.05, 0.1) is 23.3 Å². The van der Waals surface area contributed by atoms with E-state index < -0.39 is 23.4 Å². The number of nitrogens with one attached hydrogen (secondary N) is 1. The van der Waals surface area contributed by atoms with Crippen LogP contribution in [0.2, 0.25) is 0 Å². The quantitative estimate of drug-likeness (QED) is 0.153. The lowest BCUT2D eigenvalue weighted by molar-refractivity contribution is -0.385. The third-order valence-corrected chi connectivity index (χ3v) is 4.58. The third-order valence-electron chi connectivity index (χ3n) is 4.58. The van der Waals surface area contributed by atoms with Gasteiger partial charge in [-0.1, -0.05) is 29.8 Å². The molecule has 3 aromatic rings. The van der Waals surface area contributed by atoms with Crippen LogP contribution in [0.25, 0.3) is 0 Å². The highest BCUT2D eigenvalue weighted by atomic mass is 16.6. The highest BCUT2D eigenvalue weighted by molar-refractivity contribution is 5.91. The molecule has 180 valence electrons. The van der Waals surface area contributed by atoms with Gasteiger partial charge in [-0.3, -0.25) is 14.9 Å². The van der Waals surface area contributed by atoms with Gasteiger partial charge < -0.3 is 14.2 Å². The van der Waals surface area contributed by atoms with Crippen LogP contribution in [0.5, 0.6) is 17.2 Å². The largest absolute Gasteiger partial charge is 0.490 e. The summed E-state index contributed by atoms with van der Waals surface area (Å²) >= 11 is 0. The number of amides is 1. The molecule has 10 nitrogen and oxygen atoms in total. The van der Waals surface area contributed by atoms with Crippen LogP contribution in [0.4, 0.5) is 5.69 Å². The Morgan fingerprint density at radius 2 is 1.74 bits per heavy atom. The van der Waals surface area contributed by atoms with E-state index in [0.717, 1.165) is 5.56 Å². The number of para-hydroxylation sites is 2. The van der Waals surface area contributed by atoms with Crippen LogP contribution < -0.4 is 19.6 Å². The SMILES string of the molecule is CCOc1cc(/C=N\NC(=O)COc2ccccc2[N+](=O)[O-])ccc1OC(=O)c1ccc(C)cc1. The van der Waals surface area contributed by atoms with Gasteiger partial charge in [-0.2, -0.15) is 5.10 Å². The van der Waals surface area contributed by atoms with Gasteiger partial charge in [0.25, 0.3) is 5.91 Å². The maximum Gasteiger partial charge on any atom is 0.343 e. The standard InChI is InChI=1S/C25H23N3O7/c1-3-33-23-14-18(10-13-22(23)35-25(30)19-11-8-17(2)9-12-19)15-26-27-24(29)16-34-21-7-5-4-6-20(21)28(31)32/h4-15H,3,16H2,1-2H3,(H,27,29)/b26-15-. The van der Waals surface area contributed by atoms with Gasteiger partial charge in [0.15, 0.2) is 23.9 Å². The molecule has 35 heavy (non-hydrogen) atoms. The second kappa shape index (κ2) is 11.9. The van der Waals surface area contributed by atoms with E-state index >= 15 is 0 Å². The molecule has 0 unspecified atom stereocenters. The Hall–Kier alpha value is -4.73. The van der Waals surface area contributed by atoms with Crippen molar-refractivity contribution in [3.63, 3.8) is 0 Å². The van der Waals surface area contributed by atoms with E-state index in [1.165, 1.54) is 24.4 Å². The fourth-order valence-electron chi connectivity index (χ4n) is 2.89. The Morgan fingerprint density at radius 1 is 1.00 bits per heavy atom. The van der Waals surface area contributed by atoms with Gasteiger partial charge in [-0.25, -0.2) is 10.2 Å². The first-order valence-corrected chi connectivity index (χ1v) is 10.6. The number of carbonyl (C=O) groups is 2. The molecule has 0 aromatic heterocycles. The average molecular weight is 477 g/mol. The van der Waals surface area contributed by atoms with E-state index in [0.29, 0.717) is 23.5 Å². The molecule has 3 aromatic carbocycles. The minimum atomic E-state index is -0.604. The first-order valence-electron chi connectivity index (χ1n) is 10.6. The summed E-state index contributed by atoms with van der Waals surface area (Å²) in [6.45, 7) is 3.60. The summed E-state index contributed by atoms with van der Waals surface area (Å²) in [5.74, 6) is -0.556. The van der Waals surface area contributed by atoms with Gasteiger partial charge in [-0.15, -0.1) is 0 Å². The summed E-state index contributed by atoms with van der Waals surface area (Å²) in [4.78, 5) is 34.8. The molecule has 0 radical (unpaired) electrons. The number of rotatable bonds is 10. The highest BCUT2D eigenvalue weighted by Crippen LogP contribution is 2.29. The summed E-state index contributed by atoms with van der Waals surface area (Å²) < 4.78 is 16.3. The number of nitrogens with zero attached hydrogens (tertiary/aromatic N) is 2. The van der Waals surface area contributed by atoms with Crippen molar-refractivity contribution in [2.45, 2.75) is 13.8 Å². The minimum Gasteiger partial charge on any atom is -0.490 e. The lowest BCUT2D eigenvalue weighted by Gasteiger charge is -2.11. The van der Waals surface area contributed by atoms with E-state index in [2.05, 4.69) is 10.5 Å². The molecule has 0 saturated heterocycles. The summed E-state index contributed by atoms with van der Waals surface area (Å²) in [7, 11) is 0. The van der Waals surface area contributed by atoms with E-state index in [-0.39, 0.29) is 17.2 Å². The number of hydrogen-bond acceptors (Lipinski definition) is 8. The molecule has 1 N–H and O–H groups in total. The first kappa shape index (κ1) is 24.9. The predicted molar refractivity (Wildman–Crippen MR) is 128 cm³/mol. The summed E-state index contributed by atoms with van der Waals surface area (Å²) in [5.41, 5.74) is 4.06. The number of benzene rings is 3. The van der Waals surface area contributed by atoms with Gasteiger partial charge in [-0.05, 0) is 55.8 Å². The number of esters is 1. The van der Waals surface area contributed by atoms with Gasteiger partial charge >= 0.3 is 11.7 Å². The van der Waals surface area contributed by atoms with Gasteiger partial charge in [0.1, 0.15) is 0 Å². The average Bonchev–Trinajstić information content (AvgIpc) is 2.85. The number of hydrazone groups is 1. The Labute approximate surface area is 201 Å². The molecule has 3 rings (SSSR count). The number of ether oxygens (including phenoxy) is 3. The summed E-state index contributed by atoms with van der Waals surface area (Å²) in [6, 6.07) is 17.6. The number of nitro groups is 1. The molecule has 0 heterocycles. The molecule has 0 aliphatic heterocycles. The second-order valence-corrected chi connectivity index (χ2v) is 7.20. The normalized spacial score (nSPS) is 10.6. The Bertz CT molecular complexity index is 1240. The molecule has 0 saturated carbocycles. The highest BCUT2D eigenvalue weighted by Gasteiger charge is 2.15. The van der Waals surface area contributed by atoms with Crippen LogP contribution >= 0.6 is 0 Å². The van der Waals surface area contributed by atoms with E-state index in [4.69, 9.17) is 14.2 Å². The van der Waals surface area contributed by atoms with Crippen molar-refractivity contribution >= 4 is 23.8 Å².